The van der Waals surface area contributed by atoms with Gasteiger partial charge in [0.05, 0.1) is 0 Å². The number of hydrogen-bond acceptors (Lipinski definition) is 1. The van der Waals surface area contributed by atoms with E-state index >= 15 is 0 Å². The molecule has 0 bridgehead atoms. The van der Waals surface area contributed by atoms with Crippen LogP contribution in [0.4, 0.5) is 11.4 Å². The van der Waals surface area contributed by atoms with Crippen LogP contribution in [0.5, 0.6) is 0 Å². The molecule has 33 heavy (non-hydrogen) atoms. The topological polar surface area (TPSA) is 26.5 Å². The van der Waals surface area contributed by atoms with Gasteiger partial charge in [-0.3, -0.25) is 0 Å². The zero-order chi connectivity index (χ0) is 24.1. The minimum absolute atomic E-state index is 0.383. The number of para-hydroxylation sites is 2. The third kappa shape index (κ3) is 5.74. The van der Waals surface area contributed by atoms with Gasteiger partial charge in [-0.05, 0) is 62.9 Å². The van der Waals surface area contributed by atoms with Crippen molar-refractivity contribution in [3.63, 3.8) is 0 Å². The molecule has 0 unspecified atom stereocenters. The summed E-state index contributed by atoms with van der Waals surface area (Å²) in [4.78, 5) is 5.32. The Hall–Kier alpha value is -2.87. The molecule has 0 radical (unpaired) electrons. The van der Waals surface area contributed by atoms with E-state index in [-0.39, 0.29) is 0 Å². The lowest BCUT2D eigenvalue weighted by Crippen LogP contribution is -2.04. The van der Waals surface area contributed by atoms with Crippen molar-refractivity contribution in [1.82, 2.24) is 0 Å². The van der Waals surface area contributed by atoms with Gasteiger partial charge in [0.25, 0.3) is 0 Å². The number of rotatable bonds is 7. The molecule has 2 heteroatoms. The smallest absolute Gasteiger partial charge is 0.0216 e. The van der Waals surface area contributed by atoms with Gasteiger partial charge in [0.1, 0.15) is 0 Å². The van der Waals surface area contributed by atoms with E-state index in [1.807, 2.05) is 6.07 Å². The molecule has 0 aromatic heterocycles. The second kappa shape index (κ2) is 10.8. The largest absolute Gasteiger partial charge is 0.435 e. The van der Waals surface area contributed by atoms with Gasteiger partial charge in [0.2, 0.25) is 0 Å². The highest BCUT2D eigenvalue weighted by molar-refractivity contribution is 6.14. The second-order valence-corrected chi connectivity index (χ2v) is 10.1. The first-order valence-electron chi connectivity index (χ1n) is 12.3. The SMILES string of the molecule is CC(C)c1cccc(C(C)C)c1N=C([N-]c1c(C(C)C)cccc1C(C)C)c1ccccc1. The number of nitrogens with zero attached hydrogens (tertiary/aromatic N) is 2. The summed E-state index contributed by atoms with van der Waals surface area (Å²) in [5.74, 6) is 2.31. The first-order valence-corrected chi connectivity index (χ1v) is 12.3. The Labute approximate surface area is 201 Å². The quantitative estimate of drug-likeness (QED) is 0.259. The highest BCUT2D eigenvalue weighted by Gasteiger charge is 2.13. The van der Waals surface area contributed by atoms with Crippen molar-refractivity contribution in [3.05, 3.63) is 99.9 Å². The second-order valence-electron chi connectivity index (χ2n) is 10.1. The molecule has 0 aliphatic heterocycles. The fraction of sp³-hybridized carbons (Fsp3) is 0.387. The zero-order valence-electron chi connectivity index (χ0n) is 21.6. The van der Waals surface area contributed by atoms with Gasteiger partial charge >= 0.3 is 0 Å². The van der Waals surface area contributed by atoms with Gasteiger partial charge in [0.15, 0.2) is 0 Å². The molecule has 0 heterocycles. The Morgan fingerprint density at radius 1 is 0.545 bits per heavy atom. The lowest BCUT2D eigenvalue weighted by molar-refractivity contribution is 0.834. The van der Waals surface area contributed by atoms with E-state index in [0.717, 1.165) is 22.8 Å². The van der Waals surface area contributed by atoms with E-state index in [0.29, 0.717) is 23.7 Å². The van der Waals surface area contributed by atoms with E-state index < -0.39 is 0 Å². The Morgan fingerprint density at radius 3 is 1.39 bits per heavy atom. The van der Waals surface area contributed by atoms with Gasteiger partial charge in [-0.25, -0.2) is 0 Å². The predicted molar refractivity (Wildman–Crippen MR) is 145 cm³/mol. The third-order valence-electron chi connectivity index (χ3n) is 6.15. The van der Waals surface area contributed by atoms with Gasteiger partial charge in [-0.2, -0.15) is 0 Å². The molecular formula is C31H39N2-. The first kappa shape index (κ1) is 24.8. The molecule has 0 saturated carbocycles. The van der Waals surface area contributed by atoms with Crippen LogP contribution in [0, 0.1) is 0 Å². The monoisotopic (exact) mass is 439 g/mol. The zero-order valence-corrected chi connectivity index (χ0v) is 21.6. The van der Waals surface area contributed by atoms with Crippen molar-refractivity contribution in [1.29, 1.82) is 0 Å². The molecule has 0 N–H and O–H groups in total. The van der Waals surface area contributed by atoms with E-state index in [4.69, 9.17) is 10.3 Å². The van der Waals surface area contributed by atoms with Crippen LogP contribution in [-0.2, 0) is 0 Å². The molecule has 0 aliphatic carbocycles. The van der Waals surface area contributed by atoms with Crippen molar-refractivity contribution >= 4 is 17.2 Å². The minimum Gasteiger partial charge on any atom is -0.435 e. The minimum atomic E-state index is 0.383. The predicted octanol–water partition coefficient (Wildman–Crippen LogP) is 9.96. The number of amidine groups is 1. The molecule has 3 aromatic rings. The van der Waals surface area contributed by atoms with Crippen LogP contribution in [-0.4, -0.2) is 5.84 Å². The van der Waals surface area contributed by atoms with Gasteiger partial charge < -0.3 is 10.3 Å². The number of benzene rings is 3. The van der Waals surface area contributed by atoms with Crippen LogP contribution in [0.1, 0.15) is 107 Å². The highest BCUT2D eigenvalue weighted by atomic mass is 15.0. The Bertz CT molecular complexity index is 1040. The van der Waals surface area contributed by atoms with Gasteiger partial charge in [0, 0.05) is 0 Å². The summed E-state index contributed by atoms with van der Waals surface area (Å²) in [5.41, 5.74) is 8.25. The van der Waals surface area contributed by atoms with Crippen LogP contribution in [0.3, 0.4) is 0 Å². The van der Waals surface area contributed by atoms with Crippen molar-refractivity contribution in [3.8, 4) is 0 Å². The highest BCUT2D eigenvalue weighted by Crippen LogP contribution is 2.41. The summed E-state index contributed by atoms with van der Waals surface area (Å²) in [7, 11) is 0. The molecule has 0 atom stereocenters. The average Bonchev–Trinajstić information content (AvgIpc) is 2.78. The summed E-state index contributed by atoms with van der Waals surface area (Å²) in [6.45, 7) is 17.9. The maximum absolute atomic E-state index is 5.32. The third-order valence-corrected chi connectivity index (χ3v) is 6.15. The van der Waals surface area contributed by atoms with Crippen LogP contribution in [0.25, 0.3) is 5.32 Å². The summed E-state index contributed by atoms with van der Waals surface area (Å²) >= 11 is 0. The Balaban J connectivity index is 2.28. The normalized spacial score (nSPS) is 12.3. The van der Waals surface area contributed by atoms with E-state index in [1.165, 1.54) is 22.3 Å². The van der Waals surface area contributed by atoms with Crippen LogP contribution in [0.2, 0.25) is 0 Å². The van der Waals surface area contributed by atoms with Crippen LogP contribution < -0.4 is 0 Å². The van der Waals surface area contributed by atoms with E-state index in [1.54, 1.807) is 0 Å². The maximum atomic E-state index is 5.32. The van der Waals surface area contributed by atoms with Crippen molar-refractivity contribution in [2.45, 2.75) is 79.1 Å². The van der Waals surface area contributed by atoms with Crippen molar-refractivity contribution in [2.75, 3.05) is 0 Å². The molecule has 0 saturated heterocycles. The fourth-order valence-electron chi connectivity index (χ4n) is 4.23. The standard InChI is InChI=1S/C31H39N2/c1-20(2)25-16-12-17-26(21(3)4)29(25)32-31(24-14-10-9-11-15-24)33-30-27(22(5)6)18-13-19-28(30)23(7)8/h9-23H,1-8H3/q-1. The maximum Gasteiger partial charge on any atom is -0.0216 e. The Kier molecular flexibility index (Phi) is 8.13. The lowest BCUT2D eigenvalue weighted by atomic mass is 9.92. The van der Waals surface area contributed by atoms with Crippen LogP contribution >= 0.6 is 0 Å². The number of aliphatic imine (C=N–C) groups is 1. The Morgan fingerprint density at radius 2 is 0.970 bits per heavy atom. The average molecular weight is 440 g/mol. The molecule has 0 spiro atoms. The first-order chi connectivity index (χ1) is 15.7. The van der Waals surface area contributed by atoms with E-state index in [9.17, 15) is 0 Å². The molecule has 0 amide bonds. The fourth-order valence-corrected chi connectivity index (χ4v) is 4.23. The van der Waals surface area contributed by atoms with Crippen molar-refractivity contribution in [2.24, 2.45) is 4.99 Å². The lowest BCUT2D eigenvalue weighted by Gasteiger charge is -2.30. The molecular weight excluding hydrogens is 400 g/mol. The molecule has 3 aromatic carbocycles. The van der Waals surface area contributed by atoms with E-state index in [2.05, 4.69) is 116 Å². The van der Waals surface area contributed by atoms with Crippen LogP contribution in [0.15, 0.2) is 71.7 Å². The van der Waals surface area contributed by atoms with Gasteiger partial charge in [-0.15, -0.1) is 0 Å². The summed E-state index contributed by atoms with van der Waals surface area (Å²) in [5, 5.41) is 5.32. The summed E-state index contributed by atoms with van der Waals surface area (Å²) < 4.78 is 0. The molecule has 174 valence electrons. The summed E-state index contributed by atoms with van der Waals surface area (Å²) in [6, 6.07) is 23.6. The molecule has 3 rings (SSSR count). The van der Waals surface area contributed by atoms with Gasteiger partial charge in [-0.1, -0.05) is 128 Å². The summed E-state index contributed by atoms with van der Waals surface area (Å²) in [6.07, 6.45) is 0. The molecule has 2 nitrogen and oxygen atoms in total. The van der Waals surface area contributed by atoms with Crippen molar-refractivity contribution < 1.29 is 0 Å². The molecule has 0 aliphatic rings. The molecule has 0 fully saturated rings. The number of hydrogen-bond donors (Lipinski definition) is 0.